The molecule has 1 aliphatic rings. The maximum atomic E-state index is 10.7. The molecule has 0 atom stereocenters. The van der Waals surface area contributed by atoms with Gasteiger partial charge in [0, 0.05) is 0 Å². The van der Waals surface area contributed by atoms with Gasteiger partial charge in [-0.25, -0.2) is 4.99 Å². The van der Waals surface area contributed by atoms with Crippen LogP contribution < -0.4 is 5.32 Å². The van der Waals surface area contributed by atoms with Crippen molar-refractivity contribution in [2.24, 2.45) is 4.99 Å². The fourth-order valence-corrected chi connectivity index (χ4v) is 0.588. The molecule has 0 unspecified atom stereocenters. The minimum Gasteiger partial charge on any atom is -0.360 e. The highest BCUT2D eigenvalue weighted by atomic mass is 32.1. The van der Waals surface area contributed by atoms with Crippen LogP contribution >= 0.6 is 12.2 Å². The van der Waals surface area contributed by atoms with Crippen LogP contribution in [-0.4, -0.2) is 27.7 Å². The van der Waals surface area contributed by atoms with Gasteiger partial charge >= 0.3 is 11.6 Å². The molecule has 6 heteroatoms. The van der Waals surface area contributed by atoms with E-state index >= 15 is 0 Å². The molecular formula is C4H2N4OS. The number of rotatable bonds is 0. The molecule has 1 rings (SSSR count). The van der Waals surface area contributed by atoms with E-state index in [1.807, 2.05) is 0 Å². The van der Waals surface area contributed by atoms with Crippen LogP contribution in [0.5, 0.6) is 0 Å². The van der Waals surface area contributed by atoms with Crippen molar-refractivity contribution in [2.45, 2.75) is 0 Å². The summed E-state index contributed by atoms with van der Waals surface area (Å²) in [5.74, 6) is -0.539. The van der Waals surface area contributed by atoms with E-state index in [9.17, 15) is 4.79 Å². The lowest BCUT2D eigenvalue weighted by molar-refractivity contribution is -0.117. The minimum absolute atomic E-state index is 0.0809. The predicted molar refractivity (Wildman–Crippen MR) is 37.9 cm³/mol. The van der Waals surface area contributed by atoms with Gasteiger partial charge in [0.25, 0.3) is 0 Å². The summed E-state index contributed by atoms with van der Waals surface area (Å²) in [5, 5.41) is 2.26. The highest BCUT2D eigenvalue weighted by Crippen LogP contribution is 1.83. The SMILES string of the molecule is [N-]=[N+]=C1C=NC(=S)NC1=O. The van der Waals surface area contributed by atoms with Crippen LogP contribution in [0.2, 0.25) is 0 Å². The molecular weight excluding hydrogens is 152 g/mol. The fourth-order valence-electron chi connectivity index (χ4n) is 0.443. The summed E-state index contributed by atoms with van der Waals surface area (Å²) in [6.45, 7) is 0. The molecule has 10 heavy (non-hydrogen) atoms. The first-order chi connectivity index (χ1) is 4.74. The van der Waals surface area contributed by atoms with E-state index < -0.39 is 5.91 Å². The lowest BCUT2D eigenvalue weighted by Gasteiger charge is -1.99. The predicted octanol–water partition coefficient (Wildman–Crippen LogP) is -0.857. The Labute approximate surface area is 61.4 Å². The highest BCUT2D eigenvalue weighted by molar-refractivity contribution is 7.80. The Hall–Kier alpha value is -1.39. The topological polar surface area (TPSA) is 77.9 Å². The maximum Gasteiger partial charge on any atom is 0.397 e. The second-order valence-electron chi connectivity index (χ2n) is 1.50. The first-order valence-electron chi connectivity index (χ1n) is 2.35. The standard InChI is InChI=1S/C4H2N4OS/c5-8-2-1-6-4(10)7-3(2)9/h1H,(H,7,9,10). The van der Waals surface area contributed by atoms with Crippen molar-refractivity contribution in [2.75, 3.05) is 0 Å². The highest BCUT2D eigenvalue weighted by Gasteiger charge is 2.22. The van der Waals surface area contributed by atoms with E-state index in [4.69, 9.17) is 5.53 Å². The van der Waals surface area contributed by atoms with Crippen LogP contribution in [0, 0.1) is 0 Å². The van der Waals surface area contributed by atoms with E-state index in [-0.39, 0.29) is 10.8 Å². The third-order valence-corrected chi connectivity index (χ3v) is 1.07. The van der Waals surface area contributed by atoms with Crippen LogP contribution in [0.3, 0.4) is 0 Å². The summed E-state index contributed by atoms with van der Waals surface area (Å²) in [4.78, 5) is 16.8. The zero-order chi connectivity index (χ0) is 7.56. The second-order valence-corrected chi connectivity index (χ2v) is 1.89. The first-order valence-corrected chi connectivity index (χ1v) is 2.76. The monoisotopic (exact) mass is 154 g/mol. The van der Waals surface area contributed by atoms with Gasteiger partial charge in [-0.3, -0.25) is 10.1 Å². The second kappa shape index (κ2) is 2.47. The van der Waals surface area contributed by atoms with Crippen molar-refractivity contribution in [3.63, 3.8) is 0 Å². The minimum atomic E-state index is -0.539. The van der Waals surface area contributed by atoms with Gasteiger partial charge in [0.05, 0.1) is 0 Å². The van der Waals surface area contributed by atoms with Crippen molar-refractivity contribution < 1.29 is 9.58 Å². The molecule has 50 valence electrons. The van der Waals surface area contributed by atoms with Crippen LogP contribution in [0.25, 0.3) is 5.53 Å². The smallest absolute Gasteiger partial charge is 0.360 e. The molecule has 0 aromatic heterocycles. The Morgan fingerprint density at radius 1 is 1.80 bits per heavy atom. The average molecular weight is 154 g/mol. The van der Waals surface area contributed by atoms with Gasteiger partial charge in [0.2, 0.25) is 0 Å². The normalized spacial score (nSPS) is 16.6. The van der Waals surface area contributed by atoms with Crippen LogP contribution in [0.4, 0.5) is 0 Å². The summed E-state index contributed by atoms with van der Waals surface area (Å²) in [6.07, 6.45) is 1.10. The number of aliphatic imine (C=N–C) groups is 1. The number of carbonyl (C=O) groups excluding carboxylic acids is 1. The summed E-state index contributed by atoms with van der Waals surface area (Å²) in [7, 11) is 0. The number of hydrogen-bond acceptors (Lipinski definition) is 2. The molecule has 0 saturated carbocycles. The molecule has 0 saturated heterocycles. The Morgan fingerprint density at radius 3 is 3.00 bits per heavy atom. The maximum absolute atomic E-state index is 10.7. The van der Waals surface area contributed by atoms with Crippen LogP contribution in [0.15, 0.2) is 4.99 Å². The zero-order valence-electron chi connectivity index (χ0n) is 4.74. The van der Waals surface area contributed by atoms with Gasteiger partial charge < -0.3 is 5.53 Å². The summed E-state index contributed by atoms with van der Waals surface area (Å²) < 4.78 is 0. The van der Waals surface area contributed by atoms with Gasteiger partial charge in [-0.05, 0) is 12.2 Å². The quantitative estimate of drug-likeness (QED) is 0.280. The Balaban J connectivity index is 3.04. The van der Waals surface area contributed by atoms with E-state index in [0.717, 1.165) is 6.21 Å². The van der Waals surface area contributed by atoms with Crippen molar-refractivity contribution in [3.8, 4) is 0 Å². The Bertz CT molecular complexity index is 275. The molecule has 0 aromatic carbocycles. The van der Waals surface area contributed by atoms with Gasteiger partial charge in [0.15, 0.2) is 5.11 Å². The average Bonchev–Trinajstić information content (AvgIpc) is 1.88. The largest absolute Gasteiger partial charge is 0.397 e. The van der Waals surface area contributed by atoms with Gasteiger partial charge in [-0.15, -0.1) is 0 Å². The molecule has 1 amide bonds. The summed E-state index contributed by atoms with van der Waals surface area (Å²) in [6, 6.07) is 0. The van der Waals surface area contributed by atoms with E-state index in [1.165, 1.54) is 0 Å². The number of hydrogen-bond donors (Lipinski definition) is 1. The molecule has 0 spiro atoms. The number of thiocarbonyl (C=S) groups is 1. The number of amides is 1. The summed E-state index contributed by atoms with van der Waals surface area (Å²) >= 11 is 4.52. The Kier molecular flexibility index (Phi) is 1.66. The molecule has 1 aliphatic heterocycles. The first kappa shape index (κ1) is 6.73. The summed E-state index contributed by atoms with van der Waals surface area (Å²) in [5.41, 5.74) is 8.00. The number of nitrogens with zero attached hydrogens (tertiary/aromatic N) is 3. The molecule has 0 aromatic rings. The molecule has 1 heterocycles. The van der Waals surface area contributed by atoms with Crippen LogP contribution in [-0.2, 0) is 4.79 Å². The molecule has 0 aliphatic carbocycles. The number of carbonyl (C=O) groups is 1. The van der Waals surface area contributed by atoms with Crippen molar-refractivity contribution in [1.82, 2.24) is 5.32 Å². The van der Waals surface area contributed by atoms with Crippen molar-refractivity contribution >= 4 is 35.2 Å². The fraction of sp³-hybridized carbons (Fsp3) is 0. The molecule has 0 fully saturated rings. The van der Waals surface area contributed by atoms with Crippen molar-refractivity contribution in [3.05, 3.63) is 5.53 Å². The lowest BCUT2D eigenvalue weighted by atomic mass is 10.3. The zero-order valence-corrected chi connectivity index (χ0v) is 5.55. The molecule has 0 radical (unpaired) electrons. The van der Waals surface area contributed by atoms with Gasteiger partial charge in [-0.1, -0.05) is 0 Å². The van der Waals surface area contributed by atoms with Crippen molar-refractivity contribution in [1.29, 1.82) is 0 Å². The van der Waals surface area contributed by atoms with Crippen LogP contribution in [0.1, 0.15) is 0 Å². The molecule has 0 bridgehead atoms. The third kappa shape index (κ3) is 1.12. The Morgan fingerprint density at radius 2 is 2.50 bits per heavy atom. The third-order valence-electron chi connectivity index (χ3n) is 0.865. The number of nitrogens with one attached hydrogen (secondary N) is 1. The molecule has 5 nitrogen and oxygen atoms in total. The lowest BCUT2D eigenvalue weighted by Crippen LogP contribution is -2.39. The van der Waals surface area contributed by atoms with E-state index in [2.05, 4.69) is 27.3 Å². The van der Waals surface area contributed by atoms with E-state index in [1.54, 1.807) is 0 Å². The van der Waals surface area contributed by atoms with Gasteiger partial charge in [-0.2, -0.15) is 4.79 Å². The van der Waals surface area contributed by atoms with Gasteiger partial charge in [0.1, 0.15) is 6.21 Å². The van der Waals surface area contributed by atoms with E-state index in [0.29, 0.717) is 0 Å². The molecule has 1 N–H and O–H groups in total.